The molecule has 4 aliphatic rings. The average molecular weight is 462 g/mol. The summed E-state index contributed by atoms with van der Waals surface area (Å²) < 4.78 is 13.2. The molecule has 4 aliphatic heterocycles. The minimum absolute atomic E-state index is 0.0701. The molecule has 2 bridgehead atoms. The van der Waals surface area contributed by atoms with Crippen LogP contribution in [0.4, 0.5) is 10.5 Å². The molecule has 0 aromatic heterocycles. The zero-order valence-electron chi connectivity index (χ0n) is 16.0. The van der Waals surface area contributed by atoms with E-state index in [9.17, 15) is 20.0 Å². The Kier molecular flexibility index (Phi) is 3.86. The maximum Gasteiger partial charge on any atom is 0.407 e. The van der Waals surface area contributed by atoms with Crippen LogP contribution in [-0.4, -0.2) is 59.1 Å². The van der Waals surface area contributed by atoms with Crippen LogP contribution in [0, 0.1) is 23.2 Å². The lowest BCUT2D eigenvalue weighted by atomic mass is 9.63. The predicted octanol–water partition coefficient (Wildman–Crippen LogP) is 2.56. The SMILES string of the molecule is CN(C(=O)O)[C@H]1C[C@@]2(C)O[C@@]13CCO[C@H]1[C@@H]3[C@@H]2C(=O)N1c1ccc(C#N)c(Br)c1. The Morgan fingerprint density at radius 2 is 2.24 bits per heavy atom. The number of ether oxygens (including phenoxy) is 2. The number of nitrogens with zero attached hydrogens (tertiary/aromatic N) is 3. The van der Waals surface area contributed by atoms with Gasteiger partial charge in [0.25, 0.3) is 0 Å². The number of carboxylic acid groups (broad SMARTS) is 1. The third kappa shape index (κ3) is 2.25. The summed E-state index contributed by atoms with van der Waals surface area (Å²) in [5, 5.41) is 18.8. The fourth-order valence-corrected chi connectivity index (χ4v) is 6.47. The fourth-order valence-electron chi connectivity index (χ4n) is 6.02. The van der Waals surface area contributed by atoms with Gasteiger partial charge in [0, 0.05) is 30.0 Å². The standard InChI is InChI=1S/C20H20BrN3O5/c1-19-8-13(23(2)18(26)27)20(29-19)5-6-28-17-15(20)14(19)16(25)24(17)11-4-3-10(9-22)12(21)7-11/h3-4,7,13-15,17H,5-6,8H2,1-2H3,(H,26,27)/t13-,14+,15-,17-,19+,20-/m0/s1. The molecule has 1 spiro atoms. The van der Waals surface area contributed by atoms with Crippen LogP contribution in [0.5, 0.6) is 0 Å². The van der Waals surface area contributed by atoms with Crippen molar-refractivity contribution >= 4 is 33.6 Å². The number of nitriles is 1. The number of fused-ring (bicyclic) bond motifs is 2. The smallest absolute Gasteiger partial charge is 0.407 e. The Hall–Kier alpha value is -2.15. The maximum absolute atomic E-state index is 13.6. The highest BCUT2D eigenvalue weighted by Gasteiger charge is 2.79. The summed E-state index contributed by atoms with van der Waals surface area (Å²) in [6.45, 7) is 2.30. The van der Waals surface area contributed by atoms with Crippen molar-refractivity contribution in [3.63, 3.8) is 0 Å². The van der Waals surface area contributed by atoms with Gasteiger partial charge in [0.2, 0.25) is 5.91 Å². The van der Waals surface area contributed by atoms with Crippen molar-refractivity contribution in [1.82, 2.24) is 4.90 Å². The quantitative estimate of drug-likeness (QED) is 0.725. The van der Waals surface area contributed by atoms with Gasteiger partial charge < -0.3 is 19.5 Å². The predicted molar refractivity (Wildman–Crippen MR) is 104 cm³/mol. The van der Waals surface area contributed by atoms with Crippen LogP contribution in [0.1, 0.15) is 25.3 Å². The van der Waals surface area contributed by atoms with Crippen molar-refractivity contribution in [3.8, 4) is 6.07 Å². The monoisotopic (exact) mass is 461 g/mol. The number of benzene rings is 1. The van der Waals surface area contributed by atoms with Gasteiger partial charge in [0.05, 0.1) is 41.3 Å². The molecule has 0 saturated carbocycles. The molecule has 1 aromatic rings. The zero-order chi connectivity index (χ0) is 20.7. The van der Waals surface area contributed by atoms with E-state index in [0.717, 1.165) is 0 Å². The van der Waals surface area contributed by atoms with E-state index in [1.54, 1.807) is 30.1 Å². The van der Waals surface area contributed by atoms with Gasteiger partial charge in [-0.25, -0.2) is 4.79 Å². The van der Waals surface area contributed by atoms with Gasteiger partial charge in [-0.2, -0.15) is 5.26 Å². The van der Waals surface area contributed by atoms with E-state index >= 15 is 0 Å². The van der Waals surface area contributed by atoms with E-state index < -0.39 is 23.5 Å². The van der Waals surface area contributed by atoms with Gasteiger partial charge in [0.1, 0.15) is 12.3 Å². The number of carbonyl (C=O) groups excluding carboxylic acids is 1. The Morgan fingerprint density at radius 1 is 1.48 bits per heavy atom. The molecule has 1 aromatic carbocycles. The van der Waals surface area contributed by atoms with Gasteiger partial charge in [-0.05, 0) is 41.1 Å². The van der Waals surface area contributed by atoms with E-state index in [2.05, 4.69) is 22.0 Å². The molecule has 1 N–H and O–H groups in total. The highest BCUT2D eigenvalue weighted by atomic mass is 79.9. The highest BCUT2D eigenvalue weighted by molar-refractivity contribution is 9.10. The van der Waals surface area contributed by atoms with Crippen LogP contribution in [0.2, 0.25) is 0 Å². The molecule has 5 rings (SSSR count). The molecule has 6 atom stereocenters. The second kappa shape index (κ2) is 5.94. The first-order valence-corrected chi connectivity index (χ1v) is 10.3. The lowest BCUT2D eigenvalue weighted by molar-refractivity contribution is -0.150. The van der Waals surface area contributed by atoms with Crippen LogP contribution in [0.15, 0.2) is 22.7 Å². The van der Waals surface area contributed by atoms with Crippen LogP contribution < -0.4 is 4.90 Å². The molecule has 4 saturated heterocycles. The van der Waals surface area contributed by atoms with Crippen molar-refractivity contribution < 1.29 is 24.2 Å². The summed E-state index contributed by atoms with van der Waals surface area (Å²) in [6.07, 6.45) is -0.477. The average Bonchev–Trinajstić information content (AvgIpc) is 3.25. The molecule has 4 fully saturated rings. The molecule has 0 radical (unpaired) electrons. The van der Waals surface area contributed by atoms with Crippen molar-refractivity contribution in [3.05, 3.63) is 28.2 Å². The molecule has 8 nitrogen and oxygen atoms in total. The van der Waals surface area contributed by atoms with E-state index in [1.807, 2.05) is 6.92 Å². The first-order valence-electron chi connectivity index (χ1n) is 9.54. The van der Waals surface area contributed by atoms with Gasteiger partial charge in [-0.15, -0.1) is 0 Å². The number of likely N-dealkylation sites (N-methyl/N-ethyl adjacent to an activating group) is 1. The lowest BCUT2D eigenvalue weighted by Crippen LogP contribution is -2.61. The van der Waals surface area contributed by atoms with Gasteiger partial charge in [-0.1, -0.05) is 0 Å². The molecular weight excluding hydrogens is 442 g/mol. The number of amides is 2. The number of halogens is 1. The van der Waals surface area contributed by atoms with E-state index in [1.165, 1.54) is 4.90 Å². The molecule has 9 heteroatoms. The number of hydrogen-bond acceptors (Lipinski definition) is 5. The Labute approximate surface area is 176 Å². The summed E-state index contributed by atoms with van der Waals surface area (Å²) in [5.74, 6) is -0.705. The van der Waals surface area contributed by atoms with Gasteiger partial charge >= 0.3 is 6.09 Å². The Bertz CT molecular complexity index is 979. The molecule has 4 heterocycles. The third-order valence-electron chi connectivity index (χ3n) is 7.13. The number of rotatable bonds is 2. The highest BCUT2D eigenvalue weighted by Crippen LogP contribution is 2.66. The number of hydrogen-bond donors (Lipinski definition) is 1. The first kappa shape index (κ1) is 18.9. The van der Waals surface area contributed by atoms with E-state index in [0.29, 0.717) is 35.2 Å². The molecular formula is C20H20BrN3O5. The fraction of sp³-hybridized carbons (Fsp3) is 0.550. The summed E-state index contributed by atoms with van der Waals surface area (Å²) in [4.78, 5) is 28.2. The van der Waals surface area contributed by atoms with Crippen LogP contribution in [0.3, 0.4) is 0 Å². The molecule has 0 aliphatic carbocycles. The van der Waals surface area contributed by atoms with E-state index in [4.69, 9.17) is 9.47 Å². The second-order valence-corrected chi connectivity index (χ2v) is 9.34. The summed E-state index contributed by atoms with van der Waals surface area (Å²) in [7, 11) is 1.57. The third-order valence-corrected chi connectivity index (χ3v) is 7.79. The van der Waals surface area contributed by atoms with Crippen LogP contribution in [0.25, 0.3) is 0 Å². The largest absolute Gasteiger partial charge is 0.465 e. The first-order chi connectivity index (χ1) is 13.7. The lowest BCUT2D eigenvalue weighted by Gasteiger charge is -2.47. The summed E-state index contributed by atoms with van der Waals surface area (Å²) in [5.41, 5.74) is -0.326. The number of carbonyl (C=O) groups is 2. The number of anilines is 1. The van der Waals surface area contributed by atoms with Crippen LogP contribution >= 0.6 is 15.9 Å². The van der Waals surface area contributed by atoms with Crippen molar-refractivity contribution in [1.29, 1.82) is 5.26 Å². The van der Waals surface area contributed by atoms with Crippen molar-refractivity contribution in [2.45, 2.75) is 43.2 Å². The molecule has 29 heavy (non-hydrogen) atoms. The Morgan fingerprint density at radius 3 is 2.90 bits per heavy atom. The Balaban J connectivity index is 1.60. The molecule has 2 amide bonds. The van der Waals surface area contributed by atoms with Gasteiger partial charge in [0.15, 0.2) is 0 Å². The maximum atomic E-state index is 13.6. The van der Waals surface area contributed by atoms with Gasteiger partial charge in [-0.3, -0.25) is 9.69 Å². The van der Waals surface area contributed by atoms with E-state index in [-0.39, 0.29) is 23.8 Å². The second-order valence-electron chi connectivity index (χ2n) is 8.48. The minimum atomic E-state index is -0.999. The van der Waals surface area contributed by atoms with Crippen LogP contribution in [-0.2, 0) is 14.3 Å². The minimum Gasteiger partial charge on any atom is -0.465 e. The summed E-state index contributed by atoms with van der Waals surface area (Å²) in [6, 6.07) is 6.96. The summed E-state index contributed by atoms with van der Waals surface area (Å²) >= 11 is 3.40. The topological polar surface area (TPSA) is 103 Å². The van der Waals surface area contributed by atoms with Crippen molar-refractivity contribution in [2.24, 2.45) is 11.8 Å². The zero-order valence-corrected chi connectivity index (χ0v) is 17.5. The van der Waals surface area contributed by atoms with Crippen molar-refractivity contribution in [2.75, 3.05) is 18.6 Å². The molecule has 0 unspecified atom stereocenters. The normalized spacial score (nSPS) is 39.4. The molecule has 152 valence electrons.